The molecule has 1 atom stereocenters. The van der Waals surface area contributed by atoms with Crippen molar-refractivity contribution in [3.05, 3.63) is 0 Å². The standard InChI is InChI=1S/C9H12N2O3/c1-13-9(12)8(6-10)4-2-3-5-14-7-11/h8H,2-5H2,1H3. The summed E-state index contributed by atoms with van der Waals surface area (Å²) in [7, 11) is 1.26. The highest BCUT2D eigenvalue weighted by atomic mass is 16.5. The number of carbonyl (C=O) groups excluding carboxylic acids is 1. The second-order valence-electron chi connectivity index (χ2n) is 2.64. The lowest BCUT2D eigenvalue weighted by molar-refractivity contribution is -0.143. The number of hydrogen-bond acceptors (Lipinski definition) is 5. The largest absolute Gasteiger partial charge is 0.468 e. The molecular weight excluding hydrogens is 184 g/mol. The normalized spacial score (nSPS) is 10.8. The van der Waals surface area contributed by atoms with E-state index in [9.17, 15) is 4.79 Å². The van der Waals surface area contributed by atoms with E-state index in [1.54, 1.807) is 6.26 Å². The summed E-state index contributed by atoms with van der Waals surface area (Å²) in [4.78, 5) is 10.9. The van der Waals surface area contributed by atoms with Crippen molar-refractivity contribution in [2.75, 3.05) is 13.7 Å². The van der Waals surface area contributed by atoms with Crippen LogP contribution in [0.3, 0.4) is 0 Å². The molecule has 0 bridgehead atoms. The molecule has 0 N–H and O–H groups in total. The number of unbranched alkanes of at least 4 members (excludes halogenated alkanes) is 1. The fourth-order valence-electron chi connectivity index (χ4n) is 0.946. The molecule has 14 heavy (non-hydrogen) atoms. The second-order valence-corrected chi connectivity index (χ2v) is 2.64. The highest BCUT2D eigenvalue weighted by Gasteiger charge is 2.17. The van der Waals surface area contributed by atoms with Crippen LogP contribution in [0, 0.1) is 28.8 Å². The minimum atomic E-state index is -0.706. The van der Waals surface area contributed by atoms with E-state index < -0.39 is 11.9 Å². The van der Waals surface area contributed by atoms with Crippen LogP contribution in [-0.2, 0) is 14.3 Å². The molecule has 0 heterocycles. The first kappa shape index (κ1) is 12.2. The van der Waals surface area contributed by atoms with Crippen molar-refractivity contribution in [1.29, 1.82) is 10.5 Å². The van der Waals surface area contributed by atoms with Crippen molar-refractivity contribution >= 4 is 5.97 Å². The predicted octanol–water partition coefficient (Wildman–Crippen LogP) is 0.967. The molecule has 0 aromatic heterocycles. The Bertz CT molecular complexity index is 252. The Morgan fingerprint density at radius 2 is 2.14 bits per heavy atom. The van der Waals surface area contributed by atoms with Gasteiger partial charge in [0.05, 0.1) is 13.2 Å². The van der Waals surface area contributed by atoms with E-state index >= 15 is 0 Å². The average Bonchev–Trinajstić information content (AvgIpc) is 2.22. The van der Waals surface area contributed by atoms with Gasteiger partial charge in [-0.15, -0.1) is 0 Å². The van der Waals surface area contributed by atoms with Gasteiger partial charge in [0.25, 0.3) is 6.26 Å². The zero-order valence-electron chi connectivity index (χ0n) is 8.02. The maximum Gasteiger partial charge on any atom is 0.323 e. The molecule has 0 aromatic rings. The van der Waals surface area contributed by atoms with E-state index in [1.807, 2.05) is 6.07 Å². The van der Waals surface area contributed by atoms with Gasteiger partial charge in [0.2, 0.25) is 0 Å². The molecule has 0 saturated carbocycles. The third-order valence-corrected chi connectivity index (χ3v) is 1.70. The summed E-state index contributed by atoms with van der Waals surface area (Å²) in [6, 6.07) is 1.86. The van der Waals surface area contributed by atoms with Crippen LogP contribution in [0.5, 0.6) is 0 Å². The number of esters is 1. The first-order valence-electron chi connectivity index (χ1n) is 4.24. The minimum Gasteiger partial charge on any atom is -0.468 e. The van der Waals surface area contributed by atoms with Crippen molar-refractivity contribution in [3.8, 4) is 12.3 Å². The molecule has 0 radical (unpaired) electrons. The molecule has 1 unspecified atom stereocenters. The first-order chi connectivity index (χ1) is 6.76. The first-order valence-corrected chi connectivity index (χ1v) is 4.24. The predicted molar refractivity (Wildman–Crippen MR) is 46.5 cm³/mol. The van der Waals surface area contributed by atoms with Gasteiger partial charge >= 0.3 is 5.97 Å². The monoisotopic (exact) mass is 196 g/mol. The quantitative estimate of drug-likeness (QED) is 0.359. The lowest BCUT2D eigenvalue weighted by atomic mass is 10.0. The molecule has 0 aliphatic carbocycles. The molecule has 76 valence electrons. The van der Waals surface area contributed by atoms with Gasteiger partial charge in [-0.05, 0) is 19.3 Å². The van der Waals surface area contributed by atoms with Gasteiger partial charge < -0.3 is 9.47 Å². The van der Waals surface area contributed by atoms with Gasteiger partial charge in [-0.1, -0.05) is 0 Å². The maximum atomic E-state index is 10.9. The zero-order valence-corrected chi connectivity index (χ0v) is 8.02. The second kappa shape index (κ2) is 7.88. The van der Waals surface area contributed by atoms with Crippen LogP contribution in [0.1, 0.15) is 19.3 Å². The fraction of sp³-hybridized carbons (Fsp3) is 0.667. The molecular formula is C9H12N2O3. The third kappa shape index (κ3) is 5.00. The summed E-state index contributed by atoms with van der Waals surface area (Å²) in [5, 5.41) is 16.6. The summed E-state index contributed by atoms with van der Waals surface area (Å²) in [6.45, 7) is 0.329. The van der Waals surface area contributed by atoms with E-state index in [2.05, 4.69) is 9.47 Å². The van der Waals surface area contributed by atoms with Crippen molar-refractivity contribution in [1.82, 2.24) is 0 Å². The summed E-state index contributed by atoms with van der Waals surface area (Å²) >= 11 is 0. The molecule has 0 aliphatic heterocycles. The number of nitriles is 2. The SMILES string of the molecule is COC(=O)C(C#N)CCCCOC#N. The van der Waals surface area contributed by atoms with Crippen LogP contribution in [0.2, 0.25) is 0 Å². The fourth-order valence-corrected chi connectivity index (χ4v) is 0.946. The average molecular weight is 196 g/mol. The molecule has 0 rings (SSSR count). The van der Waals surface area contributed by atoms with E-state index in [0.29, 0.717) is 25.9 Å². The van der Waals surface area contributed by atoms with Crippen LogP contribution in [0.25, 0.3) is 0 Å². The van der Waals surface area contributed by atoms with Gasteiger partial charge in [-0.3, -0.25) is 4.79 Å². The Labute approximate surface area is 82.8 Å². The molecule has 0 spiro atoms. The molecule has 0 amide bonds. The van der Waals surface area contributed by atoms with E-state index in [1.165, 1.54) is 7.11 Å². The van der Waals surface area contributed by atoms with Crippen LogP contribution < -0.4 is 0 Å². The lowest BCUT2D eigenvalue weighted by Crippen LogP contribution is -2.14. The smallest absolute Gasteiger partial charge is 0.323 e. The van der Waals surface area contributed by atoms with Crippen molar-refractivity contribution in [2.45, 2.75) is 19.3 Å². The highest BCUT2D eigenvalue weighted by Crippen LogP contribution is 2.09. The number of methoxy groups -OCH3 is 1. The summed E-state index contributed by atoms with van der Waals surface area (Å²) in [6.07, 6.45) is 3.31. The third-order valence-electron chi connectivity index (χ3n) is 1.70. The van der Waals surface area contributed by atoms with Gasteiger partial charge in [-0.2, -0.15) is 10.5 Å². The Hall–Kier alpha value is -1.75. The molecule has 5 heteroatoms. The van der Waals surface area contributed by atoms with Gasteiger partial charge in [-0.25, -0.2) is 0 Å². The lowest BCUT2D eigenvalue weighted by Gasteiger charge is -2.05. The zero-order chi connectivity index (χ0) is 10.8. The summed E-state index contributed by atoms with van der Waals surface area (Å²) in [5.41, 5.74) is 0. The Balaban J connectivity index is 3.61. The Morgan fingerprint density at radius 3 is 2.64 bits per heavy atom. The Morgan fingerprint density at radius 1 is 1.43 bits per heavy atom. The number of rotatable bonds is 6. The number of carbonyl (C=O) groups is 1. The van der Waals surface area contributed by atoms with Gasteiger partial charge in [0, 0.05) is 0 Å². The number of hydrogen-bond donors (Lipinski definition) is 0. The van der Waals surface area contributed by atoms with Gasteiger partial charge in [0.15, 0.2) is 0 Å². The maximum absolute atomic E-state index is 10.9. The van der Waals surface area contributed by atoms with Gasteiger partial charge in [0.1, 0.15) is 12.5 Å². The topological polar surface area (TPSA) is 83.1 Å². The molecule has 5 nitrogen and oxygen atoms in total. The molecule has 0 fully saturated rings. The van der Waals surface area contributed by atoms with Crippen LogP contribution in [0.4, 0.5) is 0 Å². The van der Waals surface area contributed by atoms with E-state index in [4.69, 9.17) is 10.5 Å². The summed E-state index contributed by atoms with van der Waals surface area (Å²) in [5.74, 6) is -1.21. The van der Waals surface area contributed by atoms with Crippen LogP contribution >= 0.6 is 0 Å². The van der Waals surface area contributed by atoms with Crippen molar-refractivity contribution < 1.29 is 14.3 Å². The van der Waals surface area contributed by atoms with E-state index in [-0.39, 0.29) is 0 Å². The number of ether oxygens (including phenoxy) is 2. The van der Waals surface area contributed by atoms with Crippen LogP contribution in [-0.4, -0.2) is 19.7 Å². The summed E-state index contributed by atoms with van der Waals surface area (Å²) < 4.78 is 8.88. The minimum absolute atomic E-state index is 0.329. The molecule has 0 saturated heterocycles. The van der Waals surface area contributed by atoms with Crippen molar-refractivity contribution in [3.63, 3.8) is 0 Å². The van der Waals surface area contributed by atoms with Crippen LogP contribution in [0.15, 0.2) is 0 Å². The highest BCUT2D eigenvalue weighted by molar-refractivity contribution is 5.74. The van der Waals surface area contributed by atoms with Crippen molar-refractivity contribution in [2.24, 2.45) is 5.92 Å². The molecule has 0 aromatic carbocycles. The molecule has 0 aliphatic rings. The number of nitrogens with zero attached hydrogens (tertiary/aromatic N) is 2. The Kier molecular flexibility index (Phi) is 6.89. The van der Waals surface area contributed by atoms with E-state index in [0.717, 1.165) is 0 Å².